The Bertz CT molecular complexity index is 553. The van der Waals surface area contributed by atoms with Gasteiger partial charge in [-0.3, -0.25) is 4.79 Å². The van der Waals surface area contributed by atoms with Crippen LogP contribution in [0.3, 0.4) is 0 Å². The van der Waals surface area contributed by atoms with Gasteiger partial charge in [-0.15, -0.1) is 0 Å². The van der Waals surface area contributed by atoms with Gasteiger partial charge in [0.15, 0.2) is 0 Å². The molecular formula is C16H19N3O. The predicted octanol–water partition coefficient (Wildman–Crippen LogP) is 1.74. The lowest BCUT2D eigenvalue weighted by Crippen LogP contribution is -2.48. The average molecular weight is 269 g/mol. The number of fused-ring (bicyclic) bond motifs is 1. The van der Waals surface area contributed by atoms with E-state index in [0.29, 0.717) is 0 Å². The van der Waals surface area contributed by atoms with E-state index in [9.17, 15) is 4.79 Å². The number of anilines is 1. The lowest BCUT2D eigenvalue weighted by atomic mass is 10.1. The lowest BCUT2D eigenvalue weighted by molar-refractivity contribution is -0.130. The van der Waals surface area contributed by atoms with Crippen LogP contribution in [0.1, 0.15) is 24.0 Å². The third kappa shape index (κ3) is 2.49. The van der Waals surface area contributed by atoms with Gasteiger partial charge in [-0.2, -0.15) is 5.26 Å². The Morgan fingerprint density at radius 1 is 1.15 bits per heavy atom. The fourth-order valence-corrected chi connectivity index (χ4v) is 3.15. The summed E-state index contributed by atoms with van der Waals surface area (Å²) in [7, 11) is 0. The number of amides is 1. The number of benzene rings is 1. The number of carbonyl (C=O) groups excluding carboxylic acids is 1. The van der Waals surface area contributed by atoms with Gasteiger partial charge in [-0.05, 0) is 42.5 Å². The molecule has 1 saturated heterocycles. The molecule has 1 heterocycles. The molecule has 20 heavy (non-hydrogen) atoms. The van der Waals surface area contributed by atoms with Crippen LogP contribution in [0.15, 0.2) is 18.2 Å². The highest BCUT2D eigenvalue weighted by molar-refractivity contribution is 5.78. The van der Waals surface area contributed by atoms with Gasteiger partial charge in [0.05, 0.1) is 6.07 Å². The van der Waals surface area contributed by atoms with E-state index >= 15 is 0 Å². The van der Waals surface area contributed by atoms with Crippen molar-refractivity contribution in [2.45, 2.75) is 25.7 Å². The van der Waals surface area contributed by atoms with Crippen LogP contribution in [-0.4, -0.2) is 37.0 Å². The maximum atomic E-state index is 11.7. The highest BCUT2D eigenvalue weighted by Gasteiger charge is 2.21. The summed E-state index contributed by atoms with van der Waals surface area (Å²) in [6.07, 6.45) is 3.68. The van der Waals surface area contributed by atoms with Crippen molar-refractivity contribution in [2.75, 3.05) is 31.1 Å². The molecule has 1 amide bonds. The Balaban J connectivity index is 1.64. The SMILES string of the molecule is N#CCC(=O)N1CCN(c2ccc3c(c2)CCC3)CC1. The van der Waals surface area contributed by atoms with Gasteiger partial charge in [-0.1, -0.05) is 6.07 Å². The van der Waals surface area contributed by atoms with Crippen molar-refractivity contribution in [1.29, 1.82) is 5.26 Å². The maximum Gasteiger partial charge on any atom is 0.236 e. The molecule has 1 fully saturated rings. The number of carbonyl (C=O) groups is 1. The molecule has 0 saturated carbocycles. The number of piperazine rings is 1. The van der Waals surface area contributed by atoms with Gasteiger partial charge >= 0.3 is 0 Å². The van der Waals surface area contributed by atoms with Gasteiger partial charge in [0.1, 0.15) is 6.42 Å². The molecule has 4 heteroatoms. The average Bonchev–Trinajstić information content (AvgIpc) is 2.95. The third-order valence-corrected chi connectivity index (χ3v) is 4.31. The van der Waals surface area contributed by atoms with Gasteiger partial charge < -0.3 is 9.80 Å². The minimum atomic E-state index is -0.0406. The van der Waals surface area contributed by atoms with E-state index in [4.69, 9.17) is 5.26 Å². The van der Waals surface area contributed by atoms with Gasteiger partial charge in [0.25, 0.3) is 0 Å². The molecule has 0 aromatic heterocycles. The van der Waals surface area contributed by atoms with Crippen LogP contribution in [0.2, 0.25) is 0 Å². The summed E-state index contributed by atoms with van der Waals surface area (Å²) in [5.41, 5.74) is 4.26. The Kier molecular flexibility index (Phi) is 3.60. The van der Waals surface area contributed by atoms with E-state index in [-0.39, 0.29) is 12.3 Å². The summed E-state index contributed by atoms with van der Waals surface area (Å²) in [5, 5.41) is 8.58. The van der Waals surface area contributed by atoms with Crippen LogP contribution in [0.5, 0.6) is 0 Å². The van der Waals surface area contributed by atoms with Crippen LogP contribution in [0.25, 0.3) is 0 Å². The van der Waals surface area contributed by atoms with Crippen LogP contribution < -0.4 is 4.90 Å². The van der Waals surface area contributed by atoms with Crippen LogP contribution in [0.4, 0.5) is 5.69 Å². The second kappa shape index (κ2) is 5.54. The van der Waals surface area contributed by atoms with E-state index in [2.05, 4.69) is 23.1 Å². The van der Waals surface area contributed by atoms with Gasteiger partial charge in [0, 0.05) is 31.9 Å². The zero-order chi connectivity index (χ0) is 13.9. The van der Waals surface area contributed by atoms with Crippen molar-refractivity contribution in [1.82, 2.24) is 4.90 Å². The molecule has 0 atom stereocenters. The molecule has 1 aromatic carbocycles. The molecule has 104 valence electrons. The number of hydrogen-bond acceptors (Lipinski definition) is 3. The molecule has 4 nitrogen and oxygen atoms in total. The molecule has 1 aliphatic carbocycles. The molecule has 0 N–H and O–H groups in total. The highest BCUT2D eigenvalue weighted by Crippen LogP contribution is 2.27. The predicted molar refractivity (Wildman–Crippen MR) is 77.5 cm³/mol. The van der Waals surface area contributed by atoms with E-state index in [0.717, 1.165) is 26.2 Å². The van der Waals surface area contributed by atoms with Crippen molar-refractivity contribution in [2.24, 2.45) is 0 Å². The first kappa shape index (κ1) is 13.0. The lowest BCUT2D eigenvalue weighted by Gasteiger charge is -2.36. The summed E-state index contributed by atoms with van der Waals surface area (Å²) in [4.78, 5) is 15.8. The second-order valence-corrected chi connectivity index (χ2v) is 5.51. The van der Waals surface area contributed by atoms with Crippen molar-refractivity contribution in [3.8, 4) is 6.07 Å². The van der Waals surface area contributed by atoms with Crippen LogP contribution in [-0.2, 0) is 17.6 Å². The normalized spacial score (nSPS) is 17.8. The van der Waals surface area contributed by atoms with E-state index < -0.39 is 0 Å². The molecule has 2 aliphatic rings. The smallest absolute Gasteiger partial charge is 0.236 e. The Labute approximate surface area is 119 Å². The number of rotatable bonds is 2. The molecular weight excluding hydrogens is 250 g/mol. The Morgan fingerprint density at radius 3 is 2.65 bits per heavy atom. The second-order valence-electron chi connectivity index (χ2n) is 5.51. The largest absolute Gasteiger partial charge is 0.368 e. The van der Waals surface area contributed by atoms with Gasteiger partial charge in [-0.25, -0.2) is 0 Å². The first-order chi connectivity index (χ1) is 9.78. The molecule has 1 aromatic rings. The molecule has 0 spiro atoms. The standard InChI is InChI=1S/C16H19N3O/c17-7-6-16(20)19-10-8-18(9-11-19)15-5-4-13-2-1-3-14(13)12-15/h4-5,12H,1-3,6,8-11H2. The van der Waals surface area contributed by atoms with Crippen LogP contribution in [0, 0.1) is 11.3 Å². The van der Waals surface area contributed by atoms with Crippen molar-refractivity contribution < 1.29 is 4.79 Å². The van der Waals surface area contributed by atoms with E-state index in [1.165, 1.54) is 36.1 Å². The van der Waals surface area contributed by atoms with Crippen molar-refractivity contribution in [3.05, 3.63) is 29.3 Å². The summed E-state index contributed by atoms with van der Waals surface area (Å²) in [5.74, 6) is -0.0406. The first-order valence-electron chi connectivity index (χ1n) is 7.29. The fraction of sp³-hybridized carbons (Fsp3) is 0.500. The number of hydrogen-bond donors (Lipinski definition) is 0. The summed E-state index contributed by atoms with van der Waals surface area (Å²) in [6.45, 7) is 3.15. The van der Waals surface area contributed by atoms with Crippen molar-refractivity contribution >= 4 is 11.6 Å². The van der Waals surface area contributed by atoms with Gasteiger partial charge in [0.2, 0.25) is 5.91 Å². The maximum absolute atomic E-state index is 11.7. The molecule has 0 radical (unpaired) electrons. The quantitative estimate of drug-likeness (QED) is 0.821. The van der Waals surface area contributed by atoms with E-state index in [1.54, 1.807) is 4.90 Å². The molecule has 0 bridgehead atoms. The minimum Gasteiger partial charge on any atom is -0.368 e. The molecule has 3 rings (SSSR count). The fourth-order valence-electron chi connectivity index (χ4n) is 3.15. The topological polar surface area (TPSA) is 47.3 Å². The first-order valence-corrected chi connectivity index (χ1v) is 7.29. The summed E-state index contributed by atoms with van der Waals surface area (Å²) in [6, 6.07) is 8.71. The number of aryl methyl sites for hydroxylation is 2. The molecule has 1 aliphatic heterocycles. The van der Waals surface area contributed by atoms with E-state index in [1.807, 2.05) is 6.07 Å². The minimum absolute atomic E-state index is 0.00115. The van der Waals surface area contributed by atoms with Crippen molar-refractivity contribution in [3.63, 3.8) is 0 Å². The molecule has 0 unspecified atom stereocenters. The highest BCUT2D eigenvalue weighted by atomic mass is 16.2. The number of nitrogens with zero attached hydrogens (tertiary/aromatic N) is 3. The zero-order valence-electron chi connectivity index (χ0n) is 11.6. The third-order valence-electron chi connectivity index (χ3n) is 4.31. The summed E-state index contributed by atoms with van der Waals surface area (Å²) >= 11 is 0. The summed E-state index contributed by atoms with van der Waals surface area (Å²) < 4.78 is 0. The Morgan fingerprint density at radius 2 is 1.90 bits per heavy atom. The zero-order valence-corrected chi connectivity index (χ0v) is 11.6. The number of nitriles is 1. The monoisotopic (exact) mass is 269 g/mol. The van der Waals surface area contributed by atoms with Crippen LogP contribution >= 0.6 is 0 Å². The Hall–Kier alpha value is -2.02.